The summed E-state index contributed by atoms with van der Waals surface area (Å²) in [5, 5.41) is 0. The second-order valence-corrected chi connectivity index (χ2v) is 8.01. The fourth-order valence-corrected chi connectivity index (χ4v) is 4.18. The van der Waals surface area contributed by atoms with Gasteiger partial charge in [0.05, 0.1) is 11.4 Å². The SMILES string of the molecule is COc1cccc(CCC(=O)N2CCN(Cc3ccc(Cl)s3)CC2)c1. The van der Waals surface area contributed by atoms with Gasteiger partial charge in [-0.05, 0) is 36.2 Å². The molecular formula is C19H23ClN2O2S. The lowest BCUT2D eigenvalue weighted by molar-refractivity contribution is -0.132. The van der Waals surface area contributed by atoms with Gasteiger partial charge in [-0.1, -0.05) is 23.7 Å². The molecular weight excluding hydrogens is 356 g/mol. The lowest BCUT2D eigenvalue weighted by Crippen LogP contribution is -2.48. The summed E-state index contributed by atoms with van der Waals surface area (Å²) in [6.07, 6.45) is 1.30. The Morgan fingerprint density at radius 3 is 2.68 bits per heavy atom. The number of hydrogen-bond acceptors (Lipinski definition) is 4. The number of thiophene rings is 1. The second kappa shape index (κ2) is 8.70. The van der Waals surface area contributed by atoms with Gasteiger partial charge in [0, 0.05) is 44.0 Å². The highest BCUT2D eigenvalue weighted by molar-refractivity contribution is 7.16. The molecule has 1 aliphatic rings. The minimum absolute atomic E-state index is 0.238. The van der Waals surface area contributed by atoms with Gasteiger partial charge in [-0.3, -0.25) is 9.69 Å². The van der Waals surface area contributed by atoms with Gasteiger partial charge >= 0.3 is 0 Å². The number of carbonyl (C=O) groups excluding carboxylic acids is 1. The van der Waals surface area contributed by atoms with Crippen LogP contribution in [0.4, 0.5) is 0 Å². The van der Waals surface area contributed by atoms with Crippen molar-refractivity contribution in [1.82, 2.24) is 9.80 Å². The zero-order valence-corrected chi connectivity index (χ0v) is 16.0. The van der Waals surface area contributed by atoms with Crippen LogP contribution in [0.2, 0.25) is 4.34 Å². The summed E-state index contributed by atoms with van der Waals surface area (Å²) in [7, 11) is 1.66. The van der Waals surface area contributed by atoms with Crippen LogP contribution in [0, 0.1) is 0 Å². The van der Waals surface area contributed by atoms with E-state index in [1.54, 1.807) is 18.4 Å². The number of halogens is 1. The largest absolute Gasteiger partial charge is 0.497 e. The molecule has 1 saturated heterocycles. The molecule has 1 aromatic carbocycles. The highest BCUT2D eigenvalue weighted by Crippen LogP contribution is 2.23. The summed E-state index contributed by atoms with van der Waals surface area (Å²) in [5.41, 5.74) is 1.14. The molecule has 134 valence electrons. The number of amides is 1. The Kier molecular flexibility index (Phi) is 6.34. The maximum atomic E-state index is 12.5. The Morgan fingerprint density at radius 2 is 2.00 bits per heavy atom. The smallest absolute Gasteiger partial charge is 0.222 e. The molecule has 1 fully saturated rings. The van der Waals surface area contributed by atoms with Crippen molar-refractivity contribution in [3.8, 4) is 5.75 Å². The van der Waals surface area contributed by atoms with E-state index in [9.17, 15) is 4.79 Å². The maximum Gasteiger partial charge on any atom is 0.222 e. The number of methoxy groups -OCH3 is 1. The number of carbonyl (C=O) groups is 1. The molecule has 3 rings (SSSR count). The third kappa shape index (κ3) is 5.21. The number of hydrogen-bond donors (Lipinski definition) is 0. The van der Waals surface area contributed by atoms with E-state index in [0.29, 0.717) is 6.42 Å². The van der Waals surface area contributed by atoms with Gasteiger partial charge in [0.15, 0.2) is 0 Å². The molecule has 1 aromatic heterocycles. The average molecular weight is 379 g/mol. The zero-order chi connectivity index (χ0) is 17.6. The highest BCUT2D eigenvalue weighted by Gasteiger charge is 2.21. The fourth-order valence-electron chi connectivity index (χ4n) is 3.05. The van der Waals surface area contributed by atoms with Crippen molar-refractivity contribution in [1.29, 1.82) is 0 Å². The van der Waals surface area contributed by atoms with E-state index in [-0.39, 0.29) is 5.91 Å². The van der Waals surface area contributed by atoms with Crippen LogP contribution >= 0.6 is 22.9 Å². The third-order valence-corrected chi connectivity index (χ3v) is 5.71. The van der Waals surface area contributed by atoms with Crippen LogP contribution < -0.4 is 4.74 Å². The van der Waals surface area contributed by atoms with E-state index in [1.165, 1.54) is 4.88 Å². The number of rotatable bonds is 6. The fraction of sp³-hybridized carbons (Fsp3) is 0.421. The van der Waals surface area contributed by atoms with Crippen LogP contribution in [0.15, 0.2) is 36.4 Å². The van der Waals surface area contributed by atoms with E-state index in [1.807, 2.05) is 35.2 Å². The van der Waals surface area contributed by atoms with Crippen molar-refractivity contribution in [2.75, 3.05) is 33.3 Å². The van der Waals surface area contributed by atoms with Crippen molar-refractivity contribution in [2.24, 2.45) is 0 Å². The topological polar surface area (TPSA) is 32.8 Å². The Balaban J connectivity index is 1.43. The molecule has 6 heteroatoms. The van der Waals surface area contributed by atoms with Crippen LogP contribution in [0.5, 0.6) is 5.75 Å². The molecule has 0 aliphatic carbocycles. The van der Waals surface area contributed by atoms with E-state index >= 15 is 0 Å². The number of ether oxygens (including phenoxy) is 1. The summed E-state index contributed by atoms with van der Waals surface area (Å²) in [6.45, 7) is 4.36. The third-order valence-electron chi connectivity index (χ3n) is 4.49. The van der Waals surface area contributed by atoms with Crippen molar-refractivity contribution in [3.63, 3.8) is 0 Å². The van der Waals surface area contributed by atoms with Crippen LogP contribution in [0.3, 0.4) is 0 Å². The lowest BCUT2D eigenvalue weighted by Gasteiger charge is -2.34. The minimum atomic E-state index is 0.238. The number of piperazine rings is 1. The van der Waals surface area contributed by atoms with E-state index in [0.717, 1.165) is 54.8 Å². The van der Waals surface area contributed by atoms with Gasteiger partial charge in [-0.25, -0.2) is 0 Å². The molecule has 0 bridgehead atoms. The standard InChI is InChI=1S/C19H23ClN2O2S/c1-24-16-4-2-3-15(13-16)5-8-19(23)22-11-9-21(10-12-22)14-17-6-7-18(20)25-17/h2-4,6-7,13H,5,8-12,14H2,1H3. The summed E-state index contributed by atoms with van der Waals surface area (Å²) in [6, 6.07) is 12.0. The molecule has 25 heavy (non-hydrogen) atoms. The molecule has 0 spiro atoms. The van der Waals surface area contributed by atoms with Gasteiger partial charge < -0.3 is 9.64 Å². The highest BCUT2D eigenvalue weighted by atomic mass is 35.5. The minimum Gasteiger partial charge on any atom is -0.497 e. The van der Waals surface area contributed by atoms with Crippen LogP contribution in [-0.4, -0.2) is 49.0 Å². The molecule has 1 aliphatic heterocycles. The molecule has 0 atom stereocenters. The second-order valence-electron chi connectivity index (χ2n) is 6.21. The summed E-state index contributed by atoms with van der Waals surface area (Å²) in [5.74, 6) is 1.08. The summed E-state index contributed by atoms with van der Waals surface area (Å²) < 4.78 is 6.07. The predicted molar refractivity (Wildman–Crippen MR) is 103 cm³/mol. The molecule has 2 aromatic rings. The zero-order valence-electron chi connectivity index (χ0n) is 14.4. The van der Waals surface area contributed by atoms with Gasteiger partial charge in [0.25, 0.3) is 0 Å². The predicted octanol–water partition coefficient (Wildman–Crippen LogP) is 3.69. The molecule has 0 radical (unpaired) electrons. The molecule has 1 amide bonds. The van der Waals surface area contributed by atoms with Crippen LogP contribution in [-0.2, 0) is 17.8 Å². The molecule has 0 unspecified atom stereocenters. The Morgan fingerprint density at radius 1 is 1.20 bits per heavy atom. The monoisotopic (exact) mass is 378 g/mol. The number of nitrogens with zero attached hydrogens (tertiary/aromatic N) is 2. The van der Waals surface area contributed by atoms with E-state index in [4.69, 9.17) is 16.3 Å². The first-order chi connectivity index (χ1) is 12.1. The van der Waals surface area contributed by atoms with E-state index in [2.05, 4.69) is 11.0 Å². The number of benzene rings is 1. The summed E-state index contributed by atoms with van der Waals surface area (Å²) in [4.78, 5) is 18.1. The number of aryl methyl sites for hydroxylation is 1. The maximum absolute atomic E-state index is 12.5. The van der Waals surface area contributed by atoms with Gasteiger partial charge in [-0.15, -0.1) is 11.3 Å². The Bertz CT molecular complexity index is 711. The first-order valence-corrected chi connectivity index (χ1v) is 9.71. The first kappa shape index (κ1) is 18.2. The normalized spacial score (nSPS) is 15.4. The van der Waals surface area contributed by atoms with Crippen LogP contribution in [0.1, 0.15) is 16.9 Å². The average Bonchev–Trinajstić information content (AvgIpc) is 3.05. The van der Waals surface area contributed by atoms with Gasteiger partial charge in [-0.2, -0.15) is 0 Å². The first-order valence-electron chi connectivity index (χ1n) is 8.51. The lowest BCUT2D eigenvalue weighted by atomic mass is 10.1. The molecule has 2 heterocycles. The van der Waals surface area contributed by atoms with Crippen molar-refractivity contribution in [3.05, 3.63) is 51.2 Å². The molecule has 4 nitrogen and oxygen atoms in total. The molecule has 0 N–H and O–H groups in total. The van der Waals surface area contributed by atoms with Gasteiger partial charge in [0.1, 0.15) is 5.75 Å². The van der Waals surface area contributed by atoms with Crippen LogP contribution in [0.25, 0.3) is 0 Å². The van der Waals surface area contributed by atoms with Crippen molar-refractivity contribution in [2.45, 2.75) is 19.4 Å². The Hall–Kier alpha value is -1.56. The summed E-state index contributed by atoms with van der Waals surface area (Å²) >= 11 is 7.62. The van der Waals surface area contributed by atoms with Crippen molar-refractivity contribution < 1.29 is 9.53 Å². The van der Waals surface area contributed by atoms with Crippen molar-refractivity contribution >= 4 is 28.8 Å². The van der Waals surface area contributed by atoms with Gasteiger partial charge in [0.2, 0.25) is 5.91 Å². The Labute approximate surface area is 158 Å². The molecule has 0 saturated carbocycles. The quantitative estimate of drug-likeness (QED) is 0.768. The van der Waals surface area contributed by atoms with E-state index < -0.39 is 0 Å².